The molecule has 0 unspecified atom stereocenters. The molecular weight excluding hydrogens is 302 g/mol. The van der Waals surface area contributed by atoms with Gasteiger partial charge >= 0.3 is 0 Å². The summed E-state index contributed by atoms with van der Waals surface area (Å²) in [6.07, 6.45) is 4.48. The highest BCUT2D eigenvalue weighted by atomic mass is 16.1. The number of aromatic amines is 1. The molecule has 1 aliphatic heterocycles. The van der Waals surface area contributed by atoms with Crippen LogP contribution in [0.5, 0.6) is 0 Å². The van der Waals surface area contributed by atoms with Crippen molar-refractivity contribution >= 4 is 0 Å². The quantitative estimate of drug-likeness (QED) is 0.798. The normalized spacial score (nSPS) is 14.5. The fourth-order valence-electron chi connectivity index (χ4n) is 3.14. The minimum absolute atomic E-state index is 0.0424. The minimum Gasteiger partial charge on any atom is -0.353 e. The summed E-state index contributed by atoms with van der Waals surface area (Å²) < 4.78 is 2.13. The second kappa shape index (κ2) is 6.05. The van der Waals surface area contributed by atoms with Gasteiger partial charge in [0.15, 0.2) is 5.82 Å². The first-order valence-electron chi connectivity index (χ1n) is 8.07. The van der Waals surface area contributed by atoms with E-state index in [1.807, 2.05) is 18.2 Å². The second-order valence-corrected chi connectivity index (χ2v) is 6.13. The molecular formula is C18H19N5O. The zero-order valence-electron chi connectivity index (χ0n) is 13.6. The molecule has 0 saturated heterocycles. The monoisotopic (exact) mass is 321 g/mol. The number of fused-ring (bicyclic) bond motifs is 1. The number of aromatic nitrogens is 4. The Kier molecular flexibility index (Phi) is 3.74. The lowest BCUT2D eigenvalue weighted by atomic mass is 10.1. The number of H-pyrrole nitrogens is 1. The molecule has 0 saturated carbocycles. The smallest absolute Gasteiger partial charge is 0.254 e. The van der Waals surface area contributed by atoms with Crippen molar-refractivity contribution in [3.8, 4) is 11.5 Å². The van der Waals surface area contributed by atoms with Crippen molar-refractivity contribution in [3.05, 3.63) is 70.0 Å². The molecule has 24 heavy (non-hydrogen) atoms. The summed E-state index contributed by atoms with van der Waals surface area (Å²) in [4.78, 5) is 26.5. The largest absolute Gasteiger partial charge is 0.353 e. The number of nitrogens with zero attached hydrogens (tertiary/aromatic N) is 4. The molecule has 0 atom stereocenters. The van der Waals surface area contributed by atoms with E-state index in [2.05, 4.69) is 49.8 Å². The van der Waals surface area contributed by atoms with Crippen molar-refractivity contribution in [2.45, 2.75) is 19.5 Å². The third-order valence-electron chi connectivity index (χ3n) is 4.50. The predicted octanol–water partition coefficient (Wildman–Crippen LogP) is 1.73. The van der Waals surface area contributed by atoms with Crippen LogP contribution in [-0.2, 0) is 26.6 Å². The molecule has 0 radical (unpaired) electrons. The minimum atomic E-state index is -0.0424. The summed E-state index contributed by atoms with van der Waals surface area (Å²) in [6, 6.07) is 9.77. The van der Waals surface area contributed by atoms with Gasteiger partial charge in [0.05, 0.1) is 5.69 Å². The standard InChI is InChI=1S/C18H19N5O/c1-22-9-4-5-13(22)11-23-10-7-14-16(12-23)20-17(21-18(14)24)15-6-2-3-8-19-15/h2-6,8-9H,7,10-12H2,1H3,(H,20,21,24). The van der Waals surface area contributed by atoms with E-state index < -0.39 is 0 Å². The fourth-order valence-corrected chi connectivity index (χ4v) is 3.14. The van der Waals surface area contributed by atoms with Gasteiger partial charge in [-0.05, 0) is 30.7 Å². The van der Waals surface area contributed by atoms with E-state index in [-0.39, 0.29) is 5.56 Å². The van der Waals surface area contributed by atoms with Gasteiger partial charge in [0.25, 0.3) is 5.56 Å². The Morgan fingerprint density at radius 1 is 1.25 bits per heavy atom. The molecule has 4 heterocycles. The van der Waals surface area contributed by atoms with Gasteiger partial charge in [-0.3, -0.25) is 14.7 Å². The Morgan fingerprint density at radius 3 is 2.92 bits per heavy atom. The van der Waals surface area contributed by atoms with Crippen LogP contribution in [0, 0.1) is 0 Å². The van der Waals surface area contributed by atoms with Gasteiger partial charge in [0, 0.05) is 50.3 Å². The first-order valence-corrected chi connectivity index (χ1v) is 8.07. The van der Waals surface area contributed by atoms with Crippen LogP contribution in [0.25, 0.3) is 11.5 Å². The van der Waals surface area contributed by atoms with Crippen molar-refractivity contribution in [1.82, 2.24) is 24.4 Å². The Hall–Kier alpha value is -2.73. The number of hydrogen-bond donors (Lipinski definition) is 1. The van der Waals surface area contributed by atoms with Crippen molar-refractivity contribution < 1.29 is 0 Å². The van der Waals surface area contributed by atoms with Gasteiger partial charge in [-0.2, -0.15) is 0 Å². The van der Waals surface area contributed by atoms with E-state index in [1.165, 1.54) is 5.69 Å². The summed E-state index contributed by atoms with van der Waals surface area (Å²) in [5.74, 6) is 0.542. The Bertz CT molecular complexity index is 913. The van der Waals surface area contributed by atoms with Crippen LogP contribution in [0.4, 0.5) is 0 Å². The third-order valence-corrected chi connectivity index (χ3v) is 4.50. The molecule has 0 bridgehead atoms. The molecule has 1 aliphatic rings. The average Bonchev–Trinajstić information content (AvgIpc) is 3.00. The number of hydrogen-bond acceptors (Lipinski definition) is 4. The number of pyridine rings is 1. The predicted molar refractivity (Wildman–Crippen MR) is 91.3 cm³/mol. The van der Waals surface area contributed by atoms with E-state index in [1.54, 1.807) is 6.20 Å². The first-order chi connectivity index (χ1) is 11.7. The van der Waals surface area contributed by atoms with Crippen molar-refractivity contribution in [2.75, 3.05) is 6.54 Å². The van der Waals surface area contributed by atoms with E-state index in [0.29, 0.717) is 18.1 Å². The first kappa shape index (κ1) is 14.8. The molecule has 0 aromatic carbocycles. The molecule has 4 rings (SSSR count). The number of aryl methyl sites for hydroxylation is 1. The third kappa shape index (κ3) is 2.76. The fraction of sp³-hybridized carbons (Fsp3) is 0.278. The van der Waals surface area contributed by atoms with Gasteiger partial charge in [-0.1, -0.05) is 6.07 Å². The van der Waals surface area contributed by atoms with Gasteiger partial charge in [-0.25, -0.2) is 4.98 Å². The van der Waals surface area contributed by atoms with E-state index >= 15 is 0 Å². The Balaban J connectivity index is 1.64. The second-order valence-electron chi connectivity index (χ2n) is 6.13. The maximum absolute atomic E-state index is 12.4. The van der Waals surface area contributed by atoms with Gasteiger partial charge in [0.1, 0.15) is 5.69 Å². The van der Waals surface area contributed by atoms with Crippen molar-refractivity contribution in [1.29, 1.82) is 0 Å². The maximum Gasteiger partial charge on any atom is 0.254 e. The van der Waals surface area contributed by atoms with Crippen LogP contribution < -0.4 is 5.56 Å². The molecule has 1 N–H and O–H groups in total. The highest BCUT2D eigenvalue weighted by molar-refractivity contribution is 5.49. The molecule has 3 aromatic rings. The van der Waals surface area contributed by atoms with E-state index in [4.69, 9.17) is 0 Å². The van der Waals surface area contributed by atoms with Crippen LogP contribution in [0.15, 0.2) is 47.5 Å². The summed E-state index contributed by atoms with van der Waals surface area (Å²) in [6.45, 7) is 2.41. The molecule has 6 nitrogen and oxygen atoms in total. The summed E-state index contributed by atoms with van der Waals surface area (Å²) >= 11 is 0. The maximum atomic E-state index is 12.4. The van der Waals surface area contributed by atoms with Gasteiger partial charge in [-0.15, -0.1) is 0 Å². The molecule has 0 spiro atoms. The molecule has 6 heteroatoms. The van der Waals surface area contributed by atoms with Crippen LogP contribution in [0.2, 0.25) is 0 Å². The topological polar surface area (TPSA) is 66.8 Å². The highest BCUT2D eigenvalue weighted by Gasteiger charge is 2.22. The summed E-state index contributed by atoms with van der Waals surface area (Å²) in [7, 11) is 2.05. The Morgan fingerprint density at radius 2 is 2.17 bits per heavy atom. The summed E-state index contributed by atoms with van der Waals surface area (Å²) in [5.41, 5.74) is 3.57. The SMILES string of the molecule is Cn1cccc1CN1CCc2c(nc(-c3ccccn3)[nH]c2=O)C1. The van der Waals surface area contributed by atoms with Crippen LogP contribution >= 0.6 is 0 Å². The molecule has 0 amide bonds. The Labute approximate surface area is 139 Å². The lowest BCUT2D eigenvalue weighted by Crippen LogP contribution is -2.35. The average molecular weight is 321 g/mol. The van der Waals surface area contributed by atoms with Crippen molar-refractivity contribution in [3.63, 3.8) is 0 Å². The summed E-state index contributed by atoms with van der Waals surface area (Å²) in [5, 5.41) is 0. The van der Waals surface area contributed by atoms with E-state index in [0.717, 1.165) is 30.8 Å². The lowest BCUT2D eigenvalue weighted by molar-refractivity contribution is 0.235. The number of nitrogens with one attached hydrogen (secondary N) is 1. The zero-order valence-corrected chi connectivity index (χ0v) is 13.6. The number of rotatable bonds is 3. The van der Waals surface area contributed by atoms with Crippen LogP contribution in [0.1, 0.15) is 17.0 Å². The molecule has 0 aliphatic carbocycles. The van der Waals surface area contributed by atoms with Crippen LogP contribution in [-0.4, -0.2) is 31.0 Å². The van der Waals surface area contributed by atoms with Crippen LogP contribution in [0.3, 0.4) is 0 Å². The molecule has 122 valence electrons. The van der Waals surface area contributed by atoms with Gasteiger partial charge in [0.2, 0.25) is 0 Å². The highest BCUT2D eigenvalue weighted by Crippen LogP contribution is 2.19. The van der Waals surface area contributed by atoms with Gasteiger partial charge < -0.3 is 9.55 Å². The van der Waals surface area contributed by atoms with E-state index in [9.17, 15) is 4.79 Å². The van der Waals surface area contributed by atoms with Crippen molar-refractivity contribution in [2.24, 2.45) is 7.05 Å². The zero-order chi connectivity index (χ0) is 16.5. The molecule has 0 fully saturated rings. The lowest BCUT2D eigenvalue weighted by Gasteiger charge is -2.27. The molecule has 3 aromatic heterocycles.